The summed E-state index contributed by atoms with van der Waals surface area (Å²) in [5.74, 6) is 0.820. The Bertz CT molecular complexity index is 357. The summed E-state index contributed by atoms with van der Waals surface area (Å²) in [5.41, 5.74) is 0. The van der Waals surface area contributed by atoms with E-state index in [2.05, 4.69) is 24.5 Å². The Hall–Kier alpha value is -1.10. The third kappa shape index (κ3) is 5.30. The predicted octanol–water partition coefficient (Wildman–Crippen LogP) is 1.28. The molecule has 0 aromatic rings. The Kier molecular flexibility index (Phi) is 6.03. The van der Waals surface area contributed by atoms with Crippen LogP contribution in [0.1, 0.15) is 52.4 Å². The van der Waals surface area contributed by atoms with Gasteiger partial charge in [0, 0.05) is 38.0 Å². The molecule has 5 heteroatoms. The Morgan fingerprint density at radius 1 is 1.24 bits per heavy atom. The highest BCUT2D eigenvalue weighted by Crippen LogP contribution is 2.14. The summed E-state index contributed by atoms with van der Waals surface area (Å²) in [6, 6.07) is 0.597. The first-order chi connectivity index (χ1) is 10.0. The van der Waals surface area contributed by atoms with Gasteiger partial charge in [-0.1, -0.05) is 13.8 Å². The average molecular weight is 295 g/mol. The molecule has 5 nitrogen and oxygen atoms in total. The molecule has 2 aliphatic rings. The number of carbonyl (C=O) groups excluding carboxylic acids is 2. The van der Waals surface area contributed by atoms with E-state index in [0.717, 1.165) is 38.9 Å². The van der Waals surface area contributed by atoms with Crippen LogP contribution in [-0.2, 0) is 9.59 Å². The SMILES string of the molecule is CC(C)CC(=O)N1CCC(NC(=O)CC2CCCN2)CC1. The fourth-order valence-corrected chi connectivity index (χ4v) is 3.19. The number of rotatable bonds is 5. The zero-order chi connectivity index (χ0) is 15.2. The molecule has 0 aromatic carbocycles. The predicted molar refractivity (Wildman–Crippen MR) is 82.8 cm³/mol. The second kappa shape index (κ2) is 7.78. The molecule has 0 bridgehead atoms. The minimum atomic E-state index is 0.154. The maximum absolute atomic E-state index is 12.0. The van der Waals surface area contributed by atoms with Crippen molar-refractivity contribution in [1.82, 2.24) is 15.5 Å². The lowest BCUT2D eigenvalue weighted by atomic mass is 10.0. The van der Waals surface area contributed by atoms with Gasteiger partial charge in [-0.3, -0.25) is 9.59 Å². The summed E-state index contributed by atoms with van der Waals surface area (Å²) in [5, 5.41) is 6.48. The summed E-state index contributed by atoms with van der Waals surface area (Å²) < 4.78 is 0. The smallest absolute Gasteiger partial charge is 0.222 e. The molecule has 0 aliphatic carbocycles. The normalized spacial score (nSPS) is 23.6. The van der Waals surface area contributed by atoms with Gasteiger partial charge in [-0.05, 0) is 38.1 Å². The molecular formula is C16H29N3O2. The number of nitrogens with zero attached hydrogens (tertiary/aromatic N) is 1. The van der Waals surface area contributed by atoms with Crippen molar-refractivity contribution in [3.05, 3.63) is 0 Å². The largest absolute Gasteiger partial charge is 0.353 e. The van der Waals surface area contributed by atoms with Crippen molar-refractivity contribution in [2.75, 3.05) is 19.6 Å². The average Bonchev–Trinajstić information content (AvgIpc) is 2.91. The van der Waals surface area contributed by atoms with Crippen LogP contribution in [0.25, 0.3) is 0 Å². The van der Waals surface area contributed by atoms with Crippen LogP contribution >= 0.6 is 0 Å². The Morgan fingerprint density at radius 3 is 2.52 bits per heavy atom. The molecule has 2 amide bonds. The molecular weight excluding hydrogens is 266 g/mol. The number of likely N-dealkylation sites (tertiary alicyclic amines) is 1. The maximum atomic E-state index is 12.0. The molecule has 2 saturated heterocycles. The van der Waals surface area contributed by atoms with Crippen LogP contribution < -0.4 is 10.6 Å². The van der Waals surface area contributed by atoms with Crippen molar-refractivity contribution in [2.45, 2.75) is 64.5 Å². The van der Waals surface area contributed by atoms with Gasteiger partial charge in [-0.25, -0.2) is 0 Å². The standard InChI is InChI=1S/C16H29N3O2/c1-12(2)10-16(21)19-8-5-13(6-9-19)18-15(20)11-14-4-3-7-17-14/h12-14,17H,3-11H2,1-2H3,(H,18,20). The maximum Gasteiger partial charge on any atom is 0.222 e. The van der Waals surface area contributed by atoms with E-state index in [9.17, 15) is 9.59 Å². The van der Waals surface area contributed by atoms with Gasteiger partial charge in [-0.15, -0.1) is 0 Å². The monoisotopic (exact) mass is 295 g/mol. The van der Waals surface area contributed by atoms with Crippen molar-refractivity contribution < 1.29 is 9.59 Å². The van der Waals surface area contributed by atoms with Crippen LogP contribution in [-0.4, -0.2) is 48.4 Å². The van der Waals surface area contributed by atoms with Crippen LogP contribution in [0.3, 0.4) is 0 Å². The first kappa shape index (κ1) is 16.3. The molecule has 0 saturated carbocycles. The van der Waals surface area contributed by atoms with E-state index in [0.29, 0.717) is 24.8 Å². The molecule has 0 radical (unpaired) electrons. The van der Waals surface area contributed by atoms with Crippen molar-refractivity contribution in [1.29, 1.82) is 0 Å². The number of hydrogen-bond acceptors (Lipinski definition) is 3. The van der Waals surface area contributed by atoms with Gasteiger partial charge < -0.3 is 15.5 Å². The van der Waals surface area contributed by atoms with Crippen LogP contribution in [0.15, 0.2) is 0 Å². The fraction of sp³-hybridized carbons (Fsp3) is 0.875. The van der Waals surface area contributed by atoms with Crippen LogP contribution in [0, 0.1) is 5.92 Å². The third-order valence-electron chi connectivity index (χ3n) is 4.39. The highest BCUT2D eigenvalue weighted by atomic mass is 16.2. The molecule has 21 heavy (non-hydrogen) atoms. The highest BCUT2D eigenvalue weighted by molar-refractivity contribution is 5.77. The summed E-state index contributed by atoms with van der Waals surface area (Å²) in [4.78, 5) is 25.9. The van der Waals surface area contributed by atoms with Gasteiger partial charge in [0.25, 0.3) is 0 Å². The van der Waals surface area contributed by atoms with E-state index >= 15 is 0 Å². The van der Waals surface area contributed by atoms with E-state index in [1.54, 1.807) is 0 Å². The summed E-state index contributed by atoms with van der Waals surface area (Å²) in [7, 11) is 0. The quantitative estimate of drug-likeness (QED) is 0.803. The van der Waals surface area contributed by atoms with Gasteiger partial charge in [0.15, 0.2) is 0 Å². The van der Waals surface area contributed by atoms with Crippen molar-refractivity contribution in [2.24, 2.45) is 5.92 Å². The number of piperidine rings is 1. The lowest BCUT2D eigenvalue weighted by molar-refractivity contribution is -0.133. The summed E-state index contributed by atoms with van der Waals surface area (Å²) in [6.45, 7) is 6.73. The van der Waals surface area contributed by atoms with Gasteiger partial charge in [-0.2, -0.15) is 0 Å². The molecule has 2 rings (SSSR count). The topological polar surface area (TPSA) is 61.4 Å². The van der Waals surface area contributed by atoms with E-state index < -0.39 is 0 Å². The van der Waals surface area contributed by atoms with Gasteiger partial charge in [0.2, 0.25) is 11.8 Å². The lowest BCUT2D eigenvalue weighted by Crippen LogP contribution is -2.47. The zero-order valence-electron chi connectivity index (χ0n) is 13.4. The van der Waals surface area contributed by atoms with Gasteiger partial charge in [0.1, 0.15) is 0 Å². The minimum Gasteiger partial charge on any atom is -0.353 e. The Balaban J connectivity index is 1.66. The molecule has 2 fully saturated rings. The Morgan fingerprint density at radius 2 is 1.95 bits per heavy atom. The highest BCUT2D eigenvalue weighted by Gasteiger charge is 2.25. The number of carbonyl (C=O) groups is 2. The molecule has 120 valence electrons. The Labute approximate surface area is 127 Å². The van der Waals surface area contributed by atoms with E-state index in [4.69, 9.17) is 0 Å². The van der Waals surface area contributed by atoms with Crippen molar-refractivity contribution >= 4 is 11.8 Å². The molecule has 2 aliphatic heterocycles. The minimum absolute atomic E-state index is 0.154. The molecule has 1 unspecified atom stereocenters. The molecule has 0 spiro atoms. The summed E-state index contributed by atoms with van der Waals surface area (Å²) in [6.07, 6.45) is 5.27. The molecule has 2 heterocycles. The molecule has 0 aromatic heterocycles. The van der Waals surface area contributed by atoms with E-state index in [1.165, 1.54) is 6.42 Å². The van der Waals surface area contributed by atoms with Crippen LogP contribution in [0.5, 0.6) is 0 Å². The first-order valence-corrected chi connectivity index (χ1v) is 8.35. The van der Waals surface area contributed by atoms with Crippen LogP contribution in [0.2, 0.25) is 0 Å². The molecule has 2 N–H and O–H groups in total. The van der Waals surface area contributed by atoms with Crippen molar-refractivity contribution in [3.63, 3.8) is 0 Å². The van der Waals surface area contributed by atoms with E-state index in [1.807, 2.05) is 4.90 Å². The number of nitrogens with one attached hydrogen (secondary N) is 2. The third-order valence-corrected chi connectivity index (χ3v) is 4.39. The fourth-order valence-electron chi connectivity index (χ4n) is 3.19. The zero-order valence-corrected chi connectivity index (χ0v) is 13.4. The van der Waals surface area contributed by atoms with Gasteiger partial charge >= 0.3 is 0 Å². The summed E-state index contributed by atoms with van der Waals surface area (Å²) >= 11 is 0. The number of hydrogen-bond donors (Lipinski definition) is 2. The number of amides is 2. The second-order valence-corrected chi connectivity index (χ2v) is 6.82. The first-order valence-electron chi connectivity index (χ1n) is 8.35. The van der Waals surface area contributed by atoms with Crippen LogP contribution in [0.4, 0.5) is 0 Å². The lowest BCUT2D eigenvalue weighted by Gasteiger charge is -2.33. The van der Waals surface area contributed by atoms with E-state index in [-0.39, 0.29) is 17.9 Å². The second-order valence-electron chi connectivity index (χ2n) is 6.82. The molecule has 1 atom stereocenters. The van der Waals surface area contributed by atoms with Crippen molar-refractivity contribution in [3.8, 4) is 0 Å². The van der Waals surface area contributed by atoms with Gasteiger partial charge in [0.05, 0.1) is 0 Å².